The third-order valence-electron chi connectivity index (χ3n) is 6.90. The molecule has 174 valence electrons. The Kier molecular flexibility index (Phi) is 6.37. The van der Waals surface area contributed by atoms with Crippen molar-refractivity contribution >= 4 is 22.7 Å². The second kappa shape index (κ2) is 9.57. The second-order valence-electron chi connectivity index (χ2n) is 9.47. The predicted molar refractivity (Wildman–Crippen MR) is 131 cm³/mol. The maximum atomic E-state index is 5.77. The summed E-state index contributed by atoms with van der Waals surface area (Å²) in [6.07, 6.45) is 4.26. The van der Waals surface area contributed by atoms with Crippen LogP contribution in [0.25, 0.3) is 22.4 Å². The third-order valence-corrected chi connectivity index (χ3v) is 6.90. The van der Waals surface area contributed by atoms with Gasteiger partial charge in [0, 0.05) is 31.4 Å². The molecule has 2 aliphatic heterocycles. The van der Waals surface area contributed by atoms with Crippen LogP contribution in [0.4, 0.5) is 11.6 Å². The summed E-state index contributed by atoms with van der Waals surface area (Å²) in [4.78, 5) is 23.8. The number of aromatic nitrogens is 4. The number of hydrogen-bond donors (Lipinski definition) is 1. The van der Waals surface area contributed by atoms with Gasteiger partial charge in [-0.15, -0.1) is 0 Å². The van der Waals surface area contributed by atoms with Gasteiger partial charge in [0.25, 0.3) is 0 Å². The molecule has 33 heavy (non-hydrogen) atoms. The summed E-state index contributed by atoms with van der Waals surface area (Å²) < 4.78 is 5.57. The van der Waals surface area contributed by atoms with Crippen LogP contribution in [0.2, 0.25) is 0 Å². The first-order valence-corrected chi connectivity index (χ1v) is 12.0. The zero-order valence-corrected chi connectivity index (χ0v) is 19.6. The molecular weight excluding hydrogens is 414 g/mol. The van der Waals surface area contributed by atoms with Gasteiger partial charge in [0.05, 0.1) is 24.4 Å². The first-order valence-electron chi connectivity index (χ1n) is 12.0. The number of fused-ring (bicyclic) bond motifs is 1. The van der Waals surface area contributed by atoms with Crippen molar-refractivity contribution in [1.29, 1.82) is 0 Å². The molecule has 2 N–H and O–H groups in total. The van der Waals surface area contributed by atoms with Gasteiger partial charge in [0.15, 0.2) is 11.6 Å². The van der Waals surface area contributed by atoms with Gasteiger partial charge in [0.1, 0.15) is 11.3 Å². The predicted octanol–water partition coefficient (Wildman–Crippen LogP) is 3.37. The van der Waals surface area contributed by atoms with Gasteiger partial charge in [-0.1, -0.05) is 13.8 Å². The number of nitrogen functional groups attached to an aromatic ring is 1. The summed E-state index contributed by atoms with van der Waals surface area (Å²) in [5.74, 6) is 3.60. The summed E-state index contributed by atoms with van der Waals surface area (Å²) in [5.41, 5.74) is 9.40. The van der Waals surface area contributed by atoms with Gasteiger partial charge in [-0.05, 0) is 62.0 Å². The average Bonchev–Trinajstić information content (AvgIpc) is 2.85. The van der Waals surface area contributed by atoms with Crippen molar-refractivity contribution in [3.8, 4) is 11.4 Å². The van der Waals surface area contributed by atoms with Crippen molar-refractivity contribution in [3.63, 3.8) is 0 Å². The molecule has 0 unspecified atom stereocenters. The number of morpholine rings is 1. The van der Waals surface area contributed by atoms with Crippen LogP contribution in [0, 0.1) is 11.8 Å². The highest BCUT2D eigenvalue weighted by atomic mass is 16.5. The van der Waals surface area contributed by atoms with Crippen molar-refractivity contribution in [1.82, 2.24) is 24.8 Å². The van der Waals surface area contributed by atoms with E-state index in [1.165, 1.54) is 12.8 Å². The fourth-order valence-corrected chi connectivity index (χ4v) is 4.80. The summed E-state index contributed by atoms with van der Waals surface area (Å²) in [7, 11) is 0. The van der Waals surface area contributed by atoms with E-state index in [1.54, 1.807) is 12.3 Å². The van der Waals surface area contributed by atoms with E-state index in [2.05, 4.69) is 40.8 Å². The Balaban J connectivity index is 1.46. The summed E-state index contributed by atoms with van der Waals surface area (Å²) in [6, 6.07) is 7.88. The highest BCUT2D eigenvalue weighted by Gasteiger charge is 2.23. The first kappa shape index (κ1) is 22.0. The lowest BCUT2D eigenvalue weighted by Gasteiger charge is -2.33. The molecule has 0 bridgehead atoms. The Morgan fingerprint density at radius 1 is 1.00 bits per heavy atom. The van der Waals surface area contributed by atoms with Crippen LogP contribution < -0.4 is 10.6 Å². The fraction of sp³-hybridized carbons (Fsp3) is 0.520. The minimum atomic E-state index is 0.483. The largest absolute Gasteiger partial charge is 0.384 e. The Labute approximate surface area is 195 Å². The number of likely N-dealkylation sites (tertiary alicyclic amines) is 1. The highest BCUT2D eigenvalue weighted by molar-refractivity contribution is 5.87. The molecule has 0 saturated carbocycles. The molecular formula is C25H33N7O. The molecule has 2 saturated heterocycles. The van der Waals surface area contributed by atoms with E-state index in [0.717, 1.165) is 72.7 Å². The zero-order chi connectivity index (χ0) is 22.8. The normalized spacial score (nSPS) is 18.3. The van der Waals surface area contributed by atoms with Gasteiger partial charge in [-0.2, -0.15) is 0 Å². The molecule has 8 heteroatoms. The Morgan fingerprint density at radius 2 is 1.79 bits per heavy atom. The van der Waals surface area contributed by atoms with Gasteiger partial charge in [-0.25, -0.2) is 19.9 Å². The lowest BCUT2D eigenvalue weighted by atomic mass is 9.87. The number of nitrogens with zero attached hydrogens (tertiary/aromatic N) is 6. The second-order valence-corrected chi connectivity index (χ2v) is 9.47. The SMILES string of the molecule is CC(C)C1CCN(Cc2ccc3nc(-c4ccc(N)nc4)nc(N4CCOCC4)c3n2)CC1. The molecule has 5 heterocycles. The molecule has 2 fully saturated rings. The number of ether oxygens (including phenoxy) is 1. The van der Waals surface area contributed by atoms with Crippen LogP contribution in [0.3, 0.4) is 0 Å². The molecule has 2 aliphatic rings. The number of nitrogens with two attached hydrogens (primary N) is 1. The van der Waals surface area contributed by atoms with Gasteiger partial charge in [-0.3, -0.25) is 4.90 Å². The van der Waals surface area contributed by atoms with Crippen molar-refractivity contribution in [2.24, 2.45) is 11.8 Å². The van der Waals surface area contributed by atoms with Gasteiger partial charge < -0.3 is 15.4 Å². The molecule has 3 aromatic rings. The Hall–Kier alpha value is -2.84. The molecule has 3 aromatic heterocycles. The van der Waals surface area contributed by atoms with Crippen LogP contribution in [0.15, 0.2) is 30.5 Å². The number of pyridine rings is 2. The number of rotatable bonds is 5. The van der Waals surface area contributed by atoms with Crippen LogP contribution in [0.1, 0.15) is 32.4 Å². The maximum Gasteiger partial charge on any atom is 0.163 e. The van der Waals surface area contributed by atoms with Crippen molar-refractivity contribution in [3.05, 3.63) is 36.2 Å². The molecule has 0 amide bonds. The minimum Gasteiger partial charge on any atom is -0.384 e. The molecule has 0 radical (unpaired) electrons. The monoisotopic (exact) mass is 447 g/mol. The van der Waals surface area contributed by atoms with Gasteiger partial charge in [0.2, 0.25) is 0 Å². The van der Waals surface area contributed by atoms with Crippen LogP contribution >= 0.6 is 0 Å². The van der Waals surface area contributed by atoms with Crippen molar-refractivity contribution < 1.29 is 4.74 Å². The smallest absolute Gasteiger partial charge is 0.163 e. The number of hydrogen-bond acceptors (Lipinski definition) is 8. The Bertz CT molecular complexity index is 1090. The van der Waals surface area contributed by atoms with Crippen molar-refractivity contribution in [2.75, 3.05) is 50.0 Å². The van der Waals surface area contributed by atoms with Crippen LogP contribution in [-0.2, 0) is 11.3 Å². The molecule has 0 spiro atoms. The first-order chi connectivity index (χ1) is 16.1. The van der Waals surface area contributed by atoms with E-state index in [4.69, 9.17) is 25.4 Å². The molecule has 0 atom stereocenters. The average molecular weight is 448 g/mol. The van der Waals surface area contributed by atoms with Crippen molar-refractivity contribution in [2.45, 2.75) is 33.2 Å². The molecule has 0 aliphatic carbocycles. The summed E-state index contributed by atoms with van der Waals surface area (Å²) >= 11 is 0. The highest BCUT2D eigenvalue weighted by Crippen LogP contribution is 2.29. The van der Waals surface area contributed by atoms with E-state index in [-0.39, 0.29) is 0 Å². The zero-order valence-electron chi connectivity index (χ0n) is 19.6. The summed E-state index contributed by atoms with van der Waals surface area (Å²) in [6.45, 7) is 10.8. The van der Waals surface area contributed by atoms with Gasteiger partial charge >= 0.3 is 0 Å². The fourth-order valence-electron chi connectivity index (χ4n) is 4.80. The lowest BCUT2D eigenvalue weighted by molar-refractivity contribution is 0.122. The van der Waals surface area contributed by atoms with E-state index in [0.29, 0.717) is 24.9 Å². The van der Waals surface area contributed by atoms with Crippen LogP contribution in [-0.4, -0.2) is 64.2 Å². The van der Waals surface area contributed by atoms with E-state index in [1.807, 2.05) is 6.07 Å². The summed E-state index contributed by atoms with van der Waals surface area (Å²) in [5, 5.41) is 0. The topological polar surface area (TPSA) is 93.3 Å². The minimum absolute atomic E-state index is 0.483. The molecule has 0 aromatic carbocycles. The standard InChI is InChI=1S/C25H33N7O/c1-17(2)18-7-9-31(10-8-18)16-20-4-5-21-23(28-20)25(32-11-13-33-14-12-32)30-24(29-21)19-3-6-22(26)27-15-19/h3-6,15,17-18H,7-14,16H2,1-2H3,(H2,26,27). The molecule has 8 nitrogen and oxygen atoms in total. The third kappa shape index (κ3) is 4.91. The lowest BCUT2D eigenvalue weighted by Crippen LogP contribution is -2.37. The number of piperidine rings is 1. The van der Waals surface area contributed by atoms with E-state index in [9.17, 15) is 0 Å². The van der Waals surface area contributed by atoms with E-state index < -0.39 is 0 Å². The maximum absolute atomic E-state index is 5.77. The molecule has 5 rings (SSSR count). The number of anilines is 2. The van der Waals surface area contributed by atoms with Crippen LogP contribution in [0.5, 0.6) is 0 Å². The van der Waals surface area contributed by atoms with E-state index >= 15 is 0 Å². The Morgan fingerprint density at radius 3 is 2.48 bits per heavy atom. The quantitative estimate of drug-likeness (QED) is 0.636.